The van der Waals surface area contributed by atoms with Crippen molar-refractivity contribution in [1.29, 1.82) is 0 Å². The Balaban J connectivity index is 2.38. The summed E-state index contributed by atoms with van der Waals surface area (Å²) >= 11 is 1.46. The lowest BCUT2D eigenvalue weighted by Gasteiger charge is -1.94. The first kappa shape index (κ1) is 9.19. The van der Waals surface area contributed by atoms with Crippen molar-refractivity contribution >= 4 is 17.5 Å². The fourth-order valence-electron chi connectivity index (χ4n) is 0.868. The van der Waals surface area contributed by atoms with E-state index >= 15 is 0 Å². The third-order valence-corrected chi connectivity index (χ3v) is 2.22. The standard InChI is InChI=1S/C8H11NO2S/c1-6-5-7(9-12-6)3-4-8(10)11-2/h5H,3-4H2,1-2H3. The van der Waals surface area contributed by atoms with Crippen LogP contribution in [0.4, 0.5) is 0 Å². The van der Waals surface area contributed by atoms with Crippen LogP contribution >= 0.6 is 11.5 Å². The van der Waals surface area contributed by atoms with Gasteiger partial charge in [0.2, 0.25) is 0 Å². The molecule has 0 saturated heterocycles. The lowest BCUT2D eigenvalue weighted by atomic mass is 10.2. The average Bonchev–Trinajstić information content (AvgIpc) is 2.47. The number of nitrogens with zero attached hydrogens (tertiary/aromatic N) is 1. The molecule has 0 aliphatic carbocycles. The molecule has 0 atom stereocenters. The van der Waals surface area contributed by atoms with Crippen molar-refractivity contribution in [1.82, 2.24) is 4.37 Å². The summed E-state index contributed by atoms with van der Waals surface area (Å²) in [5.74, 6) is -0.180. The van der Waals surface area contributed by atoms with Crippen molar-refractivity contribution in [2.45, 2.75) is 19.8 Å². The van der Waals surface area contributed by atoms with Crippen LogP contribution in [0.2, 0.25) is 0 Å². The van der Waals surface area contributed by atoms with Crippen molar-refractivity contribution in [2.24, 2.45) is 0 Å². The minimum absolute atomic E-state index is 0.180. The molecule has 0 spiro atoms. The molecule has 0 aliphatic rings. The smallest absolute Gasteiger partial charge is 0.305 e. The zero-order valence-electron chi connectivity index (χ0n) is 7.16. The van der Waals surface area contributed by atoms with Crippen LogP contribution in [0, 0.1) is 6.92 Å². The molecule has 0 saturated carbocycles. The van der Waals surface area contributed by atoms with Crippen molar-refractivity contribution in [3.63, 3.8) is 0 Å². The van der Waals surface area contributed by atoms with E-state index in [9.17, 15) is 4.79 Å². The van der Waals surface area contributed by atoms with Crippen LogP contribution in [-0.2, 0) is 16.0 Å². The highest BCUT2D eigenvalue weighted by molar-refractivity contribution is 7.05. The largest absolute Gasteiger partial charge is 0.469 e. The zero-order chi connectivity index (χ0) is 8.97. The van der Waals surface area contributed by atoms with Gasteiger partial charge in [0.1, 0.15) is 0 Å². The van der Waals surface area contributed by atoms with Gasteiger partial charge < -0.3 is 4.74 Å². The summed E-state index contributed by atoms with van der Waals surface area (Å²) in [4.78, 5) is 11.9. The van der Waals surface area contributed by atoms with Gasteiger partial charge >= 0.3 is 5.97 Å². The van der Waals surface area contributed by atoms with Crippen LogP contribution in [-0.4, -0.2) is 17.5 Å². The van der Waals surface area contributed by atoms with E-state index in [1.165, 1.54) is 23.5 Å². The fraction of sp³-hybridized carbons (Fsp3) is 0.500. The Labute approximate surface area is 75.5 Å². The van der Waals surface area contributed by atoms with E-state index in [0.717, 1.165) is 5.69 Å². The van der Waals surface area contributed by atoms with Gasteiger partial charge in [-0.15, -0.1) is 0 Å². The third kappa shape index (κ3) is 2.62. The molecule has 3 nitrogen and oxygen atoms in total. The van der Waals surface area contributed by atoms with Gasteiger partial charge in [0.05, 0.1) is 19.2 Å². The minimum Gasteiger partial charge on any atom is -0.469 e. The number of ether oxygens (including phenoxy) is 1. The first-order valence-electron chi connectivity index (χ1n) is 3.71. The van der Waals surface area contributed by atoms with Gasteiger partial charge in [-0.05, 0) is 24.5 Å². The summed E-state index contributed by atoms with van der Waals surface area (Å²) in [5.41, 5.74) is 0.975. The lowest BCUT2D eigenvalue weighted by Crippen LogP contribution is -2.01. The molecule has 0 amide bonds. The average molecular weight is 185 g/mol. The molecule has 0 aliphatic heterocycles. The van der Waals surface area contributed by atoms with E-state index in [0.29, 0.717) is 12.8 Å². The molecule has 0 fully saturated rings. The van der Waals surface area contributed by atoms with Crippen LogP contribution in [0.3, 0.4) is 0 Å². The monoisotopic (exact) mass is 185 g/mol. The second kappa shape index (κ2) is 4.21. The SMILES string of the molecule is COC(=O)CCc1cc(C)sn1. The van der Waals surface area contributed by atoms with E-state index in [1.54, 1.807) is 0 Å². The lowest BCUT2D eigenvalue weighted by molar-refractivity contribution is -0.140. The van der Waals surface area contributed by atoms with Gasteiger partial charge in [0.15, 0.2) is 0 Å². The molecule has 1 rings (SSSR count). The molecule has 1 aromatic heterocycles. The molecule has 0 aromatic carbocycles. The third-order valence-electron chi connectivity index (χ3n) is 1.49. The normalized spacial score (nSPS) is 9.83. The summed E-state index contributed by atoms with van der Waals surface area (Å²) in [6.45, 7) is 2.00. The number of carbonyl (C=O) groups excluding carboxylic acids is 1. The highest BCUT2D eigenvalue weighted by Gasteiger charge is 2.03. The molecular formula is C8H11NO2S. The number of aryl methyl sites for hydroxylation is 2. The number of carbonyl (C=O) groups is 1. The summed E-state index contributed by atoms with van der Waals surface area (Å²) < 4.78 is 8.67. The van der Waals surface area contributed by atoms with Crippen LogP contribution < -0.4 is 0 Å². The first-order chi connectivity index (χ1) is 5.72. The molecule has 1 aromatic rings. The Morgan fingerprint density at radius 3 is 3.00 bits per heavy atom. The Kier molecular flexibility index (Phi) is 3.22. The minimum atomic E-state index is -0.180. The van der Waals surface area contributed by atoms with Crippen molar-refractivity contribution in [3.8, 4) is 0 Å². The predicted molar refractivity (Wildman–Crippen MR) is 47.2 cm³/mol. The molecule has 4 heteroatoms. The van der Waals surface area contributed by atoms with E-state index in [1.807, 2.05) is 13.0 Å². The number of esters is 1. The van der Waals surface area contributed by atoms with Crippen LogP contribution in [0.1, 0.15) is 17.0 Å². The summed E-state index contributed by atoms with van der Waals surface area (Å²) in [5, 5.41) is 0. The summed E-state index contributed by atoms with van der Waals surface area (Å²) in [6, 6.07) is 1.99. The van der Waals surface area contributed by atoms with Gasteiger partial charge in [0, 0.05) is 11.3 Å². The molecule has 0 bridgehead atoms. The fourth-order valence-corrected chi connectivity index (χ4v) is 1.46. The van der Waals surface area contributed by atoms with E-state index < -0.39 is 0 Å². The number of hydrogen-bond donors (Lipinski definition) is 0. The quantitative estimate of drug-likeness (QED) is 0.671. The maximum atomic E-state index is 10.7. The molecule has 0 radical (unpaired) electrons. The van der Waals surface area contributed by atoms with Crippen molar-refractivity contribution in [3.05, 3.63) is 16.6 Å². The maximum absolute atomic E-state index is 10.7. The van der Waals surface area contributed by atoms with E-state index in [-0.39, 0.29) is 5.97 Å². The van der Waals surface area contributed by atoms with E-state index in [4.69, 9.17) is 0 Å². The number of methoxy groups -OCH3 is 1. The molecular weight excluding hydrogens is 174 g/mol. The molecule has 0 unspecified atom stereocenters. The summed E-state index contributed by atoms with van der Waals surface area (Å²) in [6.07, 6.45) is 1.09. The molecule has 66 valence electrons. The van der Waals surface area contributed by atoms with Crippen LogP contribution in [0.5, 0.6) is 0 Å². The van der Waals surface area contributed by atoms with Gasteiger partial charge in [-0.2, -0.15) is 4.37 Å². The van der Waals surface area contributed by atoms with Gasteiger partial charge in [-0.25, -0.2) is 0 Å². The first-order valence-corrected chi connectivity index (χ1v) is 4.48. The van der Waals surface area contributed by atoms with E-state index in [2.05, 4.69) is 9.11 Å². The molecule has 12 heavy (non-hydrogen) atoms. The molecule has 1 heterocycles. The Morgan fingerprint density at radius 1 is 1.75 bits per heavy atom. The predicted octanol–water partition coefficient (Wildman–Crippen LogP) is 1.56. The Hall–Kier alpha value is -0.900. The second-order valence-corrected chi connectivity index (χ2v) is 3.51. The number of hydrogen-bond acceptors (Lipinski definition) is 4. The number of aromatic nitrogens is 1. The summed E-state index contributed by atoms with van der Waals surface area (Å²) in [7, 11) is 1.40. The molecule has 0 N–H and O–H groups in total. The van der Waals surface area contributed by atoms with Gasteiger partial charge in [-0.3, -0.25) is 4.79 Å². The maximum Gasteiger partial charge on any atom is 0.305 e. The second-order valence-electron chi connectivity index (χ2n) is 2.51. The topological polar surface area (TPSA) is 39.2 Å². The Morgan fingerprint density at radius 2 is 2.50 bits per heavy atom. The zero-order valence-corrected chi connectivity index (χ0v) is 7.98. The number of rotatable bonds is 3. The van der Waals surface area contributed by atoms with Gasteiger partial charge in [0.25, 0.3) is 0 Å². The highest BCUT2D eigenvalue weighted by atomic mass is 32.1. The van der Waals surface area contributed by atoms with Crippen LogP contribution in [0.15, 0.2) is 6.07 Å². The highest BCUT2D eigenvalue weighted by Crippen LogP contribution is 2.09. The van der Waals surface area contributed by atoms with Crippen molar-refractivity contribution in [2.75, 3.05) is 7.11 Å². The van der Waals surface area contributed by atoms with Crippen LogP contribution in [0.25, 0.3) is 0 Å². The Bertz CT molecular complexity index is 270. The van der Waals surface area contributed by atoms with Crippen molar-refractivity contribution < 1.29 is 9.53 Å². The van der Waals surface area contributed by atoms with Gasteiger partial charge in [-0.1, -0.05) is 0 Å².